The maximum atomic E-state index is 10.1. The zero-order chi connectivity index (χ0) is 8.41. The first kappa shape index (κ1) is 11.5. The van der Waals surface area contributed by atoms with Crippen molar-refractivity contribution < 1.29 is 14.6 Å². The van der Waals surface area contributed by atoms with E-state index in [0.29, 0.717) is 6.42 Å². The number of hydrogen-bond acceptors (Lipinski definition) is 3. The minimum absolute atomic E-state index is 0.241. The van der Waals surface area contributed by atoms with Crippen molar-refractivity contribution >= 4 is 5.97 Å². The van der Waals surface area contributed by atoms with Crippen molar-refractivity contribution in [3.63, 3.8) is 0 Å². The molecule has 0 amide bonds. The van der Waals surface area contributed by atoms with E-state index in [0.717, 1.165) is 12.5 Å². The summed E-state index contributed by atoms with van der Waals surface area (Å²) >= 11 is 0. The molecule has 0 spiro atoms. The van der Waals surface area contributed by atoms with E-state index in [2.05, 4.69) is 17.9 Å². The fourth-order valence-corrected chi connectivity index (χ4v) is 0.176. The smallest absolute Gasteiger partial charge is 0.310 e. The monoisotopic (exact) mass is 144 g/mol. The Balaban J connectivity index is 0. The van der Waals surface area contributed by atoms with E-state index in [1.807, 2.05) is 0 Å². The third-order valence-electron chi connectivity index (χ3n) is 0.503. The standard InChI is InChI=1S/C5H8O2.C2H4O/c1-3-5(6)7-4-2;1-2-3/h4H,2-3H2,1H3;2-3H,1H2. The molecule has 1 N–H and O–H groups in total. The van der Waals surface area contributed by atoms with Gasteiger partial charge in [0.05, 0.1) is 12.5 Å². The maximum absolute atomic E-state index is 10.1. The normalized spacial score (nSPS) is 6.50. The van der Waals surface area contributed by atoms with Crippen molar-refractivity contribution in [1.82, 2.24) is 0 Å². The summed E-state index contributed by atoms with van der Waals surface area (Å²) < 4.78 is 4.32. The molecule has 0 aliphatic rings. The highest BCUT2D eigenvalue weighted by Crippen LogP contribution is 1.81. The highest BCUT2D eigenvalue weighted by molar-refractivity contribution is 5.69. The van der Waals surface area contributed by atoms with Crippen molar-refractivity contribution in [1.29, 1.82) is 0 Å². The lowest BCUT2D eigenvalue weighted by Gasteiger charge is -1.88. The van der Waals surface area contributed by atoms with Crippen molar-refractivity contribution in [3.05, 3.63) is 25.7 Å². The van der Waals surface area contributed by atoms with Crippen LogP contribution in [0.25, 0.3) is 0 Å². The molecule has 0 aromatic rings. The minimum atomic E-state index is -0.241. The van der Waals surface area contributed by atoms with Gasteiger partial charge in [-0.25, -0.2) is 0 Å². The summed E-state index contributed by atoms with van der Waals surface area (Å²) in [7, 11) is 0. The van der Waals surface area contributed by atoms with E-state index >= 15 is 0 Å². The molecule has 0 saturated carbocycles. The SMILES string of the molecule is C=CO.C=COC(=O)CC. The lowest BCUT2D eigenvalue weighted by Crippen LogP contribution is -1.94. The molecule has 0 aliphatic carbocycles. The van der Waals surface area contributed by atoms with Gasteiger partial charge in [0, 0.05) is 6.42 Å². The number of aliphatic hydroxyl groups is 1. The summed E-state index contributed by atoms with van der Waals surface area (Å²) in [5, 5.41) is 7.33. The number of aliphatic hydroxyl groups excluding tert-OH is 1. The summed E-state index contributed by atoms with van der Waals surface area (Å²) in [5.41, 5.74) is 0. The van der Waals surface area contributed by atoms with Gasteiger partial charge < -0.3 is 9.84 Å². The van der Waals surface area contributed by atoms with Crippen LogP contribution in [-0.4, -0.2) is 11.1 Å². The number of carbonyl (C=O) groups excluding carboxylic acids is 1. The van der Waals surface area contributed by atoms with Crippen LogP contribution >= 0.6 is 0 Å². The predicted octanol–water partition coefficient (Wildman–Crippen LogP) is 1.77. The molecule has 0 unspecified atom stereocenters. The van der Waals surface area contributed by atoms with Gasteiger partial charge in [-0.3, -0.25) is 4.79 Å². The van der Waals surface area contributed by atoms with E-state index in [1.54, 1.807) is 6.92 Å². The van der Waals surface area contributed by atoms with Crippen LogP contribution < -0.4 is 0 Å². The molecule has 58 valence electrons. The van der Waals surface area contributed by atoms with Crippen LogP contribution in [0.5, 0.6) is 0 Å². The molecule has 0 aromatic carbocycles. The number of ether oxygens (including phenoxy) is 1. The Kier molecular flexibility index (Phi) is 12.3. The molecule has 0 rings (SSSR count). The van der Waals surface area contributed by atoms with Gasteiger partial charge in [-0.15, -0.1) is 0 Å². The fourth-order valence-electron chi connectivity index (χ4n) is 0.176. The Morgan fingerprint density at radius 1 is 1.70 bits per heavy atom. The molecule has 0 saturated heterocycles. The average molecular weight is 144 g/mol. The first-order chi connectivity index (χ1) is 4.72. The van der Waals surface area contributed by atoms with E-state index in [1.165, 1.54) is 0 Å². The quantitative estimate of drug-likeness (QED) is 0.474. The minimum Gasteiger partial charge on any atom is -0.516 e. The molecule has 0 radical (unpaired) electrons. The van der Waals surface area contributed by atoms with E-state index in [4.69, 9.17) is 5.11 Å². The third-order valence-corrected chi connectivity index (χ3v) is 0.503. The molecule has 0 aromatic heterocycles. The largest absolute Gasteiger partial charge is 0.516 e. The Bertz CT molecular complexity index is 107. The predicted molar refractivity (Wildman–Crippen MR) is 39.4 cm³/mol. The first-order valence-corrected chi connectivity index (χ1v) is 2.78. The van der Waals surface area contributed by atoms with Gasteiger partial charge in [-0.2, -0.15) is 0 Å². The number of hydrogen-bond donors (Lipinski definition) is 1. The molecular weight excluding hydrogens is 132 g/mol. The van der Waals surface area contributed by atoms with Crippen molar-refractivity contribution in [3.8, 4) is 0 Å². The molecule has 3 heteroatoms. The van der Waals surface area contributed by atoms with Crippen LogP contribution in [0.4, 0.5) is 0 Å². The third kappa shape index (κ3) is 15.9. The highest BCUT2D eigenvalue weighted by atomic mass is 16.5. The van der Waals surface area contributed by atoms with Crippen molar-refractivity contribution in [2.75, 3.05) is 0 Å². The van der Waals surface area contributed by atoms with Crippen molar-refractivity contribution in [2.24, 2.45) is 0 Å². The highest BCUT2D eigenvalue weighted by Gasteiger charge is 1.89. The zero-order valence-corrected chi connectivity index (χ0v) is 6.04. The van der Waals surface area contributed by atoms with Gasteiger partial charge >= 0.3 is 5.97 Å². The van der Waals surface area contributed by atoms with Gasteiger partial charge in [0.2, 0.25) is 0 Å². The maximum Gasteiger partial charge on any atom is 0.310 e. The molecule has 0 atom stereocenters. The number of carbonyl (C=O) groups is 1. The summed E-state index contributed by atoms with van der Waals surface area (Å²) in [5.74, 6) is -0.241. The molecule has 0 aliphatic heterocycles. The molecule has 3 nitrogen and oxygen atoms in total. The summed E-state index contributed by atoms with van der Waals surface area (Å²) in [6.45, 7) is 7.85. The van der Waals surface area contributed by atoms with Crippen LogP contribution in [0.2, 0.25) is 0 Å². The molecule has 0 heterocycles. The van der Waals surface area contributed by atoms with Crippen LogP contribution in [0, 0.1) is 0 Å². The van der Waals surface area contributed by atoms with Crippen LogP contribution in [0.1, 0.15) is 13.3 Å². The number of esters is 1. The van der Waals surface area contributed by atoms with Crippen molar-refractivity contribution in [2.45, 2.75) is 13.3 Å². The fraction of sp³-hybridized carbons (Fsp3) is 0.286. The van der Waals surface area contributed by atoms with Crippen LogP contribution in [0.15, 0.2) is 25.7 Å². The van der Waals surface area contributed by atoms with Gasteiger partial charge in [0.15, 0.2) is 0 Å². The van der Waals surface area contributed by atoms with Crippen LogP contribution in [-0.2, 0) is 9.53 Å². The first-order valence-electron chi connectivity index (χ1n) is 2.78. The summed E-state index contributed by atoms with van der Waals surface area (Å²) in [6, 6.07) is 0. The Hall–Kier alpha value is -1.25. The molecule has 10 heavy (non-hydrogen) atoms. The summed E-state index contributed by atoms with van der Waals surface area (Å²) in [4.78, 5) is 10.1. The van der Waals surface area contributed by atoms with E-state index in [9.17, 15) is 4.79 Å². The second kappa shape index (κ2) is 10.7. The second-order valence-electron chi connectivity index (χ2n) is 1.19. The van der Waals surface area contributed by atoms with Gasteiger partial charge in [0.25, 0.3) is 0 Å². The molecule has 0 fully saturated rings. The average Bonchev–Trinajstić information content (AvgIpc) is 1.90. The van der Waals surface area contributed by atoms with Gasteiger partial charge in [-0.05, 0) is 0 Å². The second-order valence-corrected chi connectivity index (χ2v) is 1.19. The van der Waals surface area contributed by atoms with E-state index in [-0.39, 0.29) is 5.97 Å². The Labute approximate surface area is 60.6 Å². The molecular formula is C7H12O3. The number of rotatable bonds is 2. The lowest BCUT2D eigenvalue weighted by atomic mass is 10.5. The topological polar surface area (TPSA) is 46.5 Å². The lowest BCUT2D eigenvalue weighted by molar-refractivity contribution is -0.137. The van der Waals surface area contributed by atoms with E-state index < -0.39 is 0 Å². The van der Waals surface area contributed by atoms with Gasteiger partial charge in [0.1, 0.15) is 0 Å². The Morgan fingerprint density at radius 2 is 2.10 bits per heavy atom. The Morgan fingerprint density at radius 3 is 2.20 bits per heavy atom. The molecule has 0 bridgehead atoms. The van der Waals surface area contributed by atoms with Gasteiger partial charge in [-0.1, -0.05) is 20.1 Å². The zero-order valence-electron chi connectivity index (χ0n) is 6.04. The van der Waals surface area contributed by atoms with Crippen LogP contribution in [0.3, 0.4) is 0 Å². The summed E-state index contributed by atoms with van der Waals surface area (Å²) in [6.07, 6.45) is 2.29.